The van der Waals surface area contributed by atoms with Gasteiger partial charge in [0.1, 0.15) is 5.82 Å². The second-order valence-corrected chi connectivity index (χ2v) is 4.47. The molecule has 0 saturated carbocycles. The molecule has 3 N–H and O–H groups in total. The van der Waals surface area contributed by atoms with Crippen LogP contribution in [0.25, 0.3) is 0 Å². The molecule has 0 spiro atoms. The molecular weight excluding hydrogens is 249 g/mol. The molecule has 0 bridgehead atoms. The molecule has 0 heterocycles. The molecule has 14 heavy (non-hydrogen) atoms. The Labute approximate surface area is 91.1 Å². The average molecular weight is 262 g/mol. The lowest BCUT2D eigenvalue weighted by atomic mass is 9.97. The number of hydrogen-bond acceptors (Lipinski definition) is 2. The minimum atomic E-state index is -0.990. The van der Waals surface area contributed by atoms with Crippen LogP contribution in [0.15, 0.2) is 22.7 Å². The average Bonchev–Trinajstić information content (AvgIpc) is 2.11. The number of halogens is 2. The minimum absolute atomic E-state index is 0.149. The van der Waals surface area contributed by atoms with Gasteiger partial charge in [-0.1, -0.05) is 15.9 Å². The van der Waals surface area contributed by atoms with Gasteiger partial charge in [0.15, 0.2) is 0 Å². The number of rotatable bonds is 3. The normalized spacial score (nSPS) is 15.2. The van der Waals surface area contributed by atoms with Crippen LogP contribution in [0.3, 0.4) is 0 Å². The third kappa shape index (κ3) is 3.04. The molecule has 2 nitrogen and oxygen atoms in total. The van der Waals surface area contributed by atoms with Crippen molar-refractivity contribution in [2.75, 3.05) is 6.54 Å². The Kier molecular flexibility index (Phi) is 3.64. The van der Waals surface area contributed by atoms with Crippen molar-refractivity contribution in [3.05, 3.63) is 34.1 Å². The van der Waals surface area contributed by atoms with E-state index in [2.05, 4.69) is 15.9 Å². The summed E-state index contributed by atoms with van der Waals surface area (Å²) in [6, 6.07) is 4.39. The van der Waals surface area contributed by atoms with Crippen LogP contribution < -0.4 is 5.73 Å². The summed E-state index contributed by atoms with van der Waals surface area (Å²) >= 11 is 3.29. The van der Waals surface area contributed by atoms with E-state index in [1.54, 1.807) is 13.0 Å². The summed E-state index contributed by atoms with van der Waals surface area (Å²) in [6.07, 6.45) is 0.335. The van der Waals surface area contributed by atoms with E-state index in [-0.39, 0.29) is 12.4 Å². The van der Waals surface area contributed by atoms with Gasteiger partial charge in [0.2, 0.25) is 0 Å². The van der Waals surface area contributed by atoms with E-state index < -0.39 is 5.60 Å². The quantitative estimate of drug-likeness (QED) is 0.873. The van der Waals surface area contributed by atoms with Crippen LogP contribution in [0.5, 0.6) is 0 Å². The summed E-state index contributed by atoms with van der Waals surface area (Å²) in [6.45, 7) is 1.78. The topological polar surface area (TPSA) is 46.2 Å². The van der Waals surface area contributed by atoms with Gasteiger partial charge in [-0.15, -0.1) is 0 Å². The molecule has 0 amide bonds. The van der Waals surface area contributed by atoms with Crippen molar-refractivity contribution in [2.24, 2.45) is 5.73 Å². The molecule has 1 unspecified atom stereocenters. The van der Waals surface area contributed by atoms with Crippen molar-refractivity contribution >= 4 is 15.9 Å². The second kappa shape index (κ2) is 4.38. The van der Waals surface area contributed by atoms with E-state index in [0.717, 1.165) is 10.0 Å². The molecule has 1 aromatic carbocycles. The maximum atomic E-state index is 12.9. The van der Waals surface area contributed by atoms with Gasteiger partial charge in [-0.3, -0.25) is 0 Å². The van der Waals surface area contributed by atoms with Crippen LogP contribution in [0, 0.1) is 5.82 Å². The van der Waals surface area contributed by atoms with Crippen molar-refractivity contribution in [1.82, 2.24) is 0 Å². The van der Waals surface area contributed by atoms with Crippen molar-refractivity contribution in [3.63, 3.8) is 0 Å². The summed E-state index contributed by atoms with van der Waals surface area (Å²) in [5, 5.41) is 9.72. The number of hydrogen-bond donors (Lipinski definition) is 2. The van der Waals surface area contributed by atoms with E-state index >= 15 is 0 Å². The lowest BCUT2D eigenvalue weighted by Crippen LogP contribution is -2.36. The Morgan fingerprint density at radius 2 is 2.21 bits per heavy atom. The monoisotopic (exact) mass is 261 g/mol. The highest BCUT2D eigenvalue weighted by Crippen LogP contribution is 2.22. The van der Waals surface area contributed by atoms with Crippen molar-refractivity contribution in [2.45, 2.75) is 18.9 Å². The van der Waals surface area contributed by atoms with Gasteiger partial charge >= 0.3 is 0 Å². The smallest absolute Gasteiger partial charge is 0.123 e. The molecule has 0 radical (unpaired) electrons. The summed E-state index contributed by atoms with van der Waals surface area (Å²) in [7, 11) is 0. The molecule has 1 rings (SSSR count). The molecular formula is C10H13BrFNO. The van der Waals surface area contributed by atoms with Crippen LogP contribution in [0.4, 0.5) is 4.39 Å². The first kappa shape index (κ1) is 11.6. The zero-order valence-corrected chi connectivity index (χ0v) is 9.51. The minimum Gasteiger partial charge on any atom is -0.389 e. The fourth-order valence-electron chi connectivity index (χ4n) is 1.16. The van der Waals surface area contributed by atoms with E-state index in [4.69, 9.17) is 5.73 Å². The molecule has 4 heteroatoms. The highest BCUT2D eigenvalue weighted by Gasteiger charge is 2.20. The summed E-state index contributed by atoms with van der Waals surface area (Å²) < 4.78 is 13.7. The molecule has 0 aliphatic rings. The first-order valence-electron chi connectivity index (χ1n) is 4.31. The largest absolute Gasteiger partial charge is 0.389 e. The zero-order chi connectivity index (χ0) is 10.8. The van der Waals surface area contributed by atoms with E-state index in [9.17, 15) is 9.50 Å². The van der Waals surface area contributed by atoms with Crippen molar-refractivity contribution < 1.29 is 9.50 Å². The highest BCUT2D eigenvalue weighted by atomic mass is 79.9. The molecule has 1 atom stereocenters. The van der Waals surface area contributed by atoms with Crippen molar-refractivity contribution in [1.29, 1.82) is 0 Å². The van der Waals surface area contributed by atoms with Gasteiger partial charge in [0, 0.05) is 17.4 Å². The van der Waals surface area contributed by atoms with Gasteiger partial charge in [-0.05, 0) is 30.7 Å². The Hall–Kier alpha value is -0.450. The highest BCUT2D eigenvalue weighted by molar-refractivity contribution is 9.10. The predicted molar refractivity (Wildman–Crippen MR) is 57.5 cm³/mol. The molecule has 1 aromatic rings. The SMILES string of the molecule is CC(O)(CN)Cc1cc(F)ccc1Br. The lowest BCUT2D eigenvalue weighted by Gasteiger charge is -2.21. The van der Waals surface area contributed by atoms with E-state index in [1.165, 1.54) is 12.1 Å². The summed E-state index contributed by atoms with van der Waals surface area (Å²) in [5.74, 6) is -0.309. The Bertz CT molecular complexity index is 328. The fourth-order valence-corrected chi connectivity index (χ4v) is 1.55. The van der Waals surface area contributed by atoms with Crippen molar-refractivity contribution in [3.8, 4) is 0 Å². The fraction of sp³-hybridized carbons (Fsp3) is 0.400. The Morgan fingerprint density at radius 1 is 1.57 bits per heavy atom. The van der Waals surface area contributed by atoms with Crippen LogP contribution in [0.1, 0.15) is 12.5 Å². The molecule has 0 aromatic heterocycles. The van der Waals surface area contributed by atoms with Gasteiger partial charge in [-0.2, -0.15) is 0 Å². The maximum Gasteiger partial charge on any atom is 0.123 e. The van der Waals surface area contributed by atoms with Crippen LogP contribution in [-0.4, -0.2) is 17.3 Å². The summed E-state index contributed by atoms with van der Waals surface area (Å²) in [5.41, 5.74) is 5.12. The standard InChI is InChI=1S/C10H13BrFNO/c1-10(14,6-13)5-7-4-8(12)2-3-9(7)11/h2-4,14H,5-6,13H2,1H3. The second-order valence-electron chi connectivity index (χ2n) is 3.61. The van der Waals surface area contributed by atoms with E-state index in [0.29, 0.717) is 6.42 Å². The maximum absolute atomic E-state index is 12.9. The zero-order valence-electron chi connectivity index (χ0n) is 7.93. The Balaban J connectivity index is 2.91. The number of aliphatic hydroxyl groups is 1. The first-order chi connectivity index (χ1) is 6.44. The third-order valence-corrected chi connectivity index (χ3v) is 2.79. The van der Waals surface area contributed by atoms with Gasteiger partial charge < -0.3 is 10.8 Å². The van der Waals surface area contributed by atoms with Crippen LogP contribution in [0.2, 0.25) is 0 Å². The van der Waals surface area contributed by atoms with Crippen LogP contribution >= 0.6 is 15.9 Å². The number of benzene rings is 1. The third-order valence-electron chi connectivity index (χ3n) is 2.02. The first-order valence-corrected chi connectivity index (χ1v) is 5.10. The molecule has 0 aliphatic carbocycles. The van der Waals surface area contributed by atoms with Gasteiger partial charge in [0.05, 0.1) is 5.60 Å². The van der Waals surface area contributed by atoms with Crippen LogP contribution in [-0.2, 0) is 6.42 Å². The molecule has 0 aliphatic heterocycles. The van der Waals surface area contributed by atoms with Gasteiger partial charge in [-0.25, -0.2) is 4.39 Å². The van der Waals surface area contributed by atoms with Gasteiger partial charge in [0.25, 0.3) is 0 Å². The molecule has 0 fully saturated rings. The molecule has 0 saturated heterocycles. The predicted octanol–water partition coefficient (Wildman–Crippen LogP) is 1.84. The Morgan fingerprint density at radius 3 is 2.79 bits per heavy atom. The lowest BCUT2D eigenvalue weighted by molar-refractivity contribution is 0.0694. The van der Waals surface area contributed by atoms with E-state index in [1.807, 2.05) is 0 Å². The number of nitrogens with two attached hydrogens (primary N) is 1. The molecule has 78 valence electrons. The summed E-state index contributed by atoms with van der Waals surface area (Å²) in [4.78, 5) is 0.